The highest BCUT2D eigenvalue weighted by molar-refractivity contribution is 6.17. The van der Waals surface area contributed by atoms with E-state index in [4.69, 9.17) is 16.3 Å². The number of hydrogen-bond acceptors (Lipinski definition) is 2. The lowest BCUT2D eigenvalue weighted by Gasteiger charge is -2.40. The number of alkyl halides is 1. The van der Waals surface area contributed by atoms with Crippen molar-refractivity contribution in [2.45, 2.75) is 44.2 Å². The monoisotopic (exact) mass is 293 g/mol. The molecule has 2 nitrogen and oxygen atoms in total. The molecule has 1 unspecified atom stereocenters. The van der Waals surface area contributed by atoms with Crippen molar-refractivity contribution in [1.29, 1.82) is 0 Å². The summed E-state index contributed by atoms with van der Waals surface area (Å²) in [6, 6.07) is 9.51. The number of fused-ring (bicyclic) bond motifs is 1. The summed E-state index contributed by atoms with van der Waals surface area (Å²) in [7, 11) is 0. The largest absolute Gasteiger partial charge is 0.372 e. The fourth-order valence-electron chi connectivity index (χ4n) is 3.28. The first-order valence-corrected chi connectivity index (χ1v) is 8.41. The van der Waals surface area contributed by atoms with Crippen molar-refractivity contribution in [2.75, 3.05) is 25.6 Å². The van der Waals surface area contributed by atoms with Crippen molar-refractivity contribution in [3.63, 3.8) is 0 Å². The smallest absolute Gasteiger partial charge is 0.0954 e. The van der Waals surface area contributed by atoms with Crippen LogP contribution in [0.5, 0.6) is 0 Å². The van der Waals surface area contributed by atoms with E-state index in [1.165, 1.54) is 30.4 Å². The van der Waals surface area contributed by atoms with E-state index in [0.29, 0.717) is 0 Å². The van der Waals surface area contributed by atoms with Gasteiger partial charge in [-0.2, -0.15) is 0 Å². The SMILES string of the molecule is ClCCCN(CC1OCCc2ccccc21)C1CCC1. The molecule has 0 aromatic heterocycles. The third-order valence-electron chi connectivity index (χ3n) is 4.66. The van der Waals surface area contributed by atoms with Crippen molar-refractivity contribution in [3.05, 3.63) is 35.4 Å². The Kier molecular flexibility index (Phi) is 4.98. The maximum absolute atomic E-state index is 6.06. The second kappa shape index (κ2) is 6.93. The topological polar surface area (TPSA) is 12.5 Å². The van der Waals surface area contributed by atoms with Crippen molar-refractivity contribution in [3.8, 4) is 0 Å². The van der Waals surface area contributed by atoms with Crippen LogP contribution in [0.3, 0.4) is 0 Å². The van der Waals surface area contributed by atoms with Gasteiger partial charge in [-0.05, 0) is 43.4 Å². The molecule has 2 aliphatic rings. The van der Waals surface area contributed by atoms with E-state index in [2.05, 4.69) is 29.2 Å². The third-order valence-corrected chi connectivity index (χ3v) is 4.93. The van der Waals surface area contributed by atoms with Crippen LogP contribution in [0.15, 0.2) is 24.3 Å². The van der Waals surface area contributed by atoms with Gasteiger partial charge in [-0.15, -0.1) is 11.6 Å². The summed E-state index contributed by atoms with van der Waals surface area (Å²) < 4.78 is 6.06. The molecule has 3 heteroatoms. The van der Waals surface area contributed by atoms with Gasteiger partial charge in [-0.25, -0.2) is 0 Å². The lowest BCUT2D eigenvalue weighted by Crippen LogP contribution is -2.44. The van der Waals surface area contributed by atoms with Crippen LogP contribution in [0.25, 0.3) is 0 Å². The lowest BCUT2D eigenvalue weighted by atomic mass is 9.90. The summed E-state index contributed by atoms with van der Waals surface area (Å²) in [5.41, 5.74) is 2.86. The van der Waals surface area contributed by atoms with Crippen molar-refractivity contribution in [1.82, 2.24) is 4.90 Å². The molecule has 20 heavy (non-hydrogen) atoms. The molecule has 0 N–H and O–H groups in total. The van der Waals surface area contributed by atoms with E-state index in [-0.39, 0.29) is 6.10 Å². The van der Waals surface area contributed by atoms with Gasteiger partial charge in [-0.3, -0.25) is 4.90 Å². The van der Waals surface area contributed by atoms with Gasteiger partial charge >= 0.3 is 0 Å². The molecule has 1 atom stereocenters. The van der Waals surface area contributed by atoms with Crippen molar-refractivity contribution < 1.29 is 4.74 Å². The van der Waals surface area contributed by atoms with E-state index >= 15 is 0 Å². The highest BCUT2D eigenvalue weighted by Gasteiger charge is 2.29. The van der Waals surface area contributed by atoms with Gasteiger partial charge in [0.25, 0.3) is 0 Å². The molecular weight excluding hydrogens is 270 g/mol. The van der Waals surface area contributed by atoms with Gasteiger partial charge in [-0.1, -0.05) is 30.7 Å². The first kappa shape index (κ1) is 14.4. The maximum Gasteiger partial charge on any atom is 0.0954 e. The Hall–Kier alpha value is -0.570. The second-order valence-corrected chi connectivity index (χ2v) is 6.31. The minimum Gasteiger partial charge on any atom is -0.372 e. The minimum atomic E-state index is 0.246. The summed E-state index contributed by atoms with van der Waals surface area (Å²) >= 11 is 5.88. The van der Waals surface area contributed by atoms with Crippen LogP contribution in [-0.4, -0.2) is 36.5 Å². The molecule has 110 valence electrons. The molecule has 1 saturated carbocycles. The Bertz CT molecular complexity index is 433. The lowest BCUT2D eigenvalue weighted by molar-refractivity contribution is -0.00441. The molecule has 1 aromatic carbocycles. The first-order chi connectivity index (χ1) is 9.88. The van der Waals surface area contributed by atoms with Gasteiger partial charge in [0.1, 0.15) is 0 Å². The Morgan fingerprint density at radius 3 is 2.85 bits per heavy atom. The average Bonchev–Trinajstić information content (AvgIpc) is 2.43. The standard InChI is InChI=1S/C17H24ClNO/c18-10-4-11-19(15-6-3-7-15)13-17-16-8-2-1-5-14(16)9-12-20-17/h1-2,5,8,15,17H,3-4,6-7,9-13H2. The molecular formula is C17H24ClNO. The molecule has 0 spiro atoms. The van der Waals surface area contributed by atoms with E-state index in [1.54, 1.807) is 0 Å². The molecule has 1 aromatic rings. The molecule has 1 aliphatic heterocycles. The Labute approximate surface area is 127 Å². The predicted molar refractivity (Wildman–Crippen MR) is 83.4 cm³/mol. The van der Waals surface area contributed by atoms with Crippen LogP contribution in [0.4, 0.5) is 0 Å². The van der Waals surface area contributed by atoms with Crippen LogP contribution in [0.2, 0.25) is 0 Å². The Morgan fingerprint density at radius 1 is 1.25 bits per heavy atom. The fraction of sp³-hybridized carbons (Fsp3) is 0.647. The van der Waals surface area contributed by atoms with Gasteiger partial charge in [0.2, 0.25) is 0 Å². The van der Waals surface area contributed by atoms with Gasteiger partial charge in [0, 0.05) is 18.5 Å². The normalized spacial score (nSPS) is 22.6. The number of ether oxygens (including phenoxy) is 1. The summed E-state index contributed by atoms with van der Waals surface area (Å²) in [5, 5.41) is 0. The zero-order valence-corrected chi connectivity index (χ0v) is 12.8. The summed E-state index contributed by atoms with van der Waals surface area (Å²) in [6.45, 7) is 2.99. The van der Waals surface area contributed by atoms with Crippen LogP contribution in [0.1, 0.15) is 42.9 Å². The molecule has 1 aliphatic carbocycles. The Morgan fingerprint density at radius 2 is 2.10 bits per heavy atom. The zero-order chi connectivity index (χ0) is 13.8. The summed E-state index contributed by atoms with van der Waals surface area (Å²) in [5.74, 6) is 0.755. The maximum atomic E-state index is 6.06. The van der Waals surface area contributed by atoms with Gasteiger partial charge in [0.15, 0.2) is 0 Å². The summed E-state index contributed by atoms with van der Waals surface area (Å²) in [6.07, 6.45) is 6.44. The number of benzene rings is 1. The third kappa shape index (κ3) is 3.19. The van der Waals surface area contributed by atoms with Crippen LogP contribution in [0, 0.1) is 0 Å². The first-order valence-electron chi connectivity index (χ1n) is 7.88. The molecule has 0 bridgehead atoms. The fourth-order valence-corrected chi connectivity index (χ4v) is 3.40. The van der Waals surface area contributed by atoms with Crippen LogP contribution >= 0.6 is 11.6 Å². The zero-order valence-electron chi connectivity index (χ0n) is 12.1. The molecule has 1 fully saturated rings. The molecule has 0 radical (unpaired) electrons. The number of rotatable bonds is 6. The predicted octanol–water partition coefficient (Wildman–Crippen LogP) is 3.78. The highest BCUT2D eigenvalue weighted by Crippen LogP contribution is 2.31. The highest BCUT2D eigenvalue weighted by atomic mass is 35.5. The quantitative estimate of drug-likeness (QED) is 0.740. The molecule has 0 amide bonds. The second-order valence-electron chi connectivity index (χ2n) is 5.93. The van der Waals surface area contributed by atoms with Crippen molar-refractivity contribution >= 4 is 11.6 Å². The summed E-state index contributed by atoms with van der Waals surface area (Å²) in [4.78, 5) is 2.61. The van der Waals surface area contributed by atoms with Crippen LogP contribution < -0.4 is 0 Å². The van der Waals surface area contributed by atoms with Crippen molar-refractivity contribution in [2.24, 2.45) is 0 Å². The minimum absolute atomic E-state index is 0.246. The van der Waals surface area contributed by atoms with E-state index in [9.17, 15) is 0 Å². The molecule has 1 heterocycles. The molecule has 3 rings (SSSR count). The Balaban J connectivity index is 1.68. The van der Waals surface area contributed by atoms with E-state index in [1.807, 2.05) is 0 Å². The van der Waals surface area contributed by atoms with E-state index in [0.717, 1.165) is 44.5 Å². The molecule has 0 saturated heterocycles. The van der Waals surface area contributed by atoms with Gasteiger partial charge in [0.05, 0.1) is 12.7 Å². The average molecular weight is 294 g/mol. The number of hydrogen-bond donors (Lipinski definition) is 0. The van der Waals surface area contributed by atoms with Crippen LogP contribution in [-0.2, 0) is 11.2 Å². The van der Waals surface area contributed by atoms with Gasteiger partial charge < -0.3 is 4.74 Å². The number of halogens is 1. The number of nitrogens with zero attached hydrogens (tertiary/aromatic N) is 1. The van der Waals surface area contributed by atoms with E-state index < -0.39 is 0 Å².